The normalized spacial score (nSPS) is 12.4. The van der Waals surface area contributed by atoms with E-state index < -0.39 is 27.7 Å². The second-order valence-electron chi connectivity index (χ2n) is 6.37. The molecule has 2 N–H and O–H groups in total. The molecule has 168 valence electrons. The Labute approximate surface area is 180 Å². The molecular weight excluding hydrogens is 428 g/mol. The van der Waals surface area contributed by atoms with Crippen molar-refractivity contribution < 1.29 is 42.4 Å². The fourth-order valence-corrected chi connectivity index (χ4v) is 3.95. The van der Waals surface area contributed by atoms with E-state index in [1.165, 1.54) is 52.7 Å². The molecule has 0 aliphatic rings. The molecule has 0 fully saturated rings. The van der Waals surface area contributed by atoms with Gasteiger partial charge in [-0.15, -0.1) is 0 Å². The van der Waals surface area contributed by atoms with Crippen molar-refractivity contribution in [1.29, 1.82) is 0 Å². The number of hydrogen-bond donors (Lipinski definition) is 2. The van der Waals surface area contributed by atoms with Crippen LogP contribution in [0.4, 0.5) is 0 Å². The minimum atomic E-state index is -3.77. The predicted octanol–water partition coefficient (Wildman–Crippen LogP) is 2.42. The number of aliphatic hydroxyl groups is 1. The highest BCUT2D eigenvalue weighted by Crippen LogP contribution is 2.35. The fraction of sp³-hybridized carbons (Fsp3) is 0.286. The molecule has 2 rings (SSSR count). The van der Waals surface area contributed by atoms with Gasteiger partial charge in [-0.1, -0.05) is 6.07 Å². The van der Waals surface area contributed by atoms with Gasteiger partial charge in [-0.3, -0.25) is 0 Å². The zero-order valence-electron chi connectivity index (χ0n) is 17.5. The highest BCUT2D eigenvalue weighted by Gasteiger charge is 2.22. The summed E-state index contributed by atoms with van der Waals surface area (Å²) in [7, 11) is 1.91. The van der Waals surface area contributed by atoms with Crippen molar-refractivity contribution in [3.8, 4) is 23.0 Å². The fourth-order valence-electron chi connectivity index (χ4n) is 2.87. The standard InChI is InChI=1S/C21H24O9S/c1-27-14-10-18(29-3)15(19(11-14)30-4)7-8-31(25,26)12-13-5-6-17(28-2)16(9-13)20(22)21(23)24/h5-11,20,22H,12H2,1-4H3,(H,23,24). The second-order valence-corrected chi connectivity index (χ2v) is 8.26. The lowest BCUT2D eigenvalue weighted by Gasteiger charge is -2.13. The summed E-state index contributed by atoms with van der Waals surface area (Å²) in [6, 6.07) is 7.37. The largest absolute Gasteiger partial charge is 0.496 e. The van der Waals surface area contributed by atoms with E-state index in [9.17, 15) is 18.3 Å². The van der Waals surface area contributed by atoms with Crippen molar-refractivity contribution in [3.63, 3.8) is 0 Å². The van der Waals surface area contributed by atoms with E-state index in [2.05, 4.69) is 0 Å². The zero-order chi connectivity index (χ0) is 23.2. The molecule has 0 bridgehead atoms. The summed E-state index contributed by atoms with van der Waals surface area (Å²) < 4.78 is 46.1. The Bertz CT molecular complexity index is 1050. The summed E-state index contributed by atoms with van der Waals surface area (Å²) in [5, 5.41) is 19.9. The number of carbonyl (C=O) groups is 1. The van der Waals surface area contributed by atoms with Gasteiger partial charge in [0.1, 0.15) is 23.0 Å². The Morgan fingerprint density at radius 3 is 2.03 bits per heavy atom. The van der Waals surface area contributed by atoms with E-state index in [1.54, 1.807) is 12.1 Å². The third kappa shape index (κ3) is 5.89. The van der Waals surface area contributed by atoms with Gasteiger partial charge >= 0.3 is 5.97 Å². The van der Waals surface area contributed by atoms with Crippen molar-refractivity contribution >= 4 is 21.9 Å². The SMILES string of the molecule is COc1cc(OC)c(C=CS(=O)(=O)Cc2ccc(OC)c(C(O)C(=O)O)c2)c(OC)c1. The first kappa shape index (κ1) is 24.0. The first-order valence-corrected chi connectivity index (χ1v) is 10.7. The van der Waals surface area contributed by atoms with Crippen molar-refractivity contribution in [2.24, 2.45) is 0 Å². The quantitative estimate of drug-likeness (QED) is 0.558. The summed E-state index contributed by atoms with van der Waals surface area (Å²) in [4.78, 5) is 11.1. The summed E-state index contributed by atoms with van der Waals surface area (Å²) in [5.74, 6) is -0.557. The second kappa shape index (κ2) is 10.2. The van der Waals surface area contributed by atoms with E-state index in [0.717, 1.165) is 5.41 Å². The highest BCUT2D eigenvalue weighted by atomic mass is 32.2. The van der Waals surface area contributed by atoms with Gasteiger partial charge < -0.3 is 29.2 Å². The summed E-state index contributed by atoms with van der Waals surface area (Å²) in [6.07, 6.45) is -0.496. The van der Waals surface area contributed by atoms with E-state index in [-0.39, 0.29) is 16.9 Å². The zero-order valence-corrected chi connectivity index (χ0v) is 18.3. The maximum atomic E-state index is 12.7. The van der Waals surface area contributed by atoms with Crippen LogP contribution >= 0.6 is 0 Å². The van der Waals surface area contributed by atoms with Gasteiger partial charge in [0, 0.05) is 23.1 Å². The molecule has 1 atom stereocenters. The van der Waals surface area contributed by atoms with Gasteiger partial charge in [-0.2, -0.15) is 0 Å². The lowest BCUT2D eigenvalue weighted by Crippen LogP contribution is -2.12. The number of methoxy groups -OCH3 is 4. The first-order valence-electron chi connectivity index (χ1n) is 8.94. The number of ether oxygens (including phenoxy) is 4. The summed E-state index contributed by atoms with van der Waals surface area (Å²) in [5.41, 5.74) is 0.658. The average molecular weight is 452 g/mol. The number of aliphatic hydroxyl groups excluding tert-OH is 1. The number of hydrogen-bond acceptors (Lipinski definition) is 8. The van der Waals surface area contributed by atoms with E-state index in [4.69, 9.17) is 24.1 Å². The molecule has 9 nitrogen and oxygen atoms in total. The topological polar surface area (TPSA) is 129 Å². The van der Waals surface area contributed by atoms with Crippen LogP contribution in [0.1, 0.15) is 22.8 Å². The van der Waals surface area contributed by atoms with Crippen molar-refractivity contribution in [1.82, 2.24) is 0 Å². The molecule has 2 aromatic rings. The minimum Gasteiger partial charge on any atom is -0.496 e. The van der Waals surface area contributed by atoms with Crippen LogP contribution in [0.25, 0.3) is 6.08 Å². The van der Waals surface area contributed by atoms with Crippen LogP contribution in [0.5, 0.6) is 23.0 Å². The molecule has 1 unspecified atom stereocenters. The first-order chi connectivity index (χ1) is 14.6. The Hall–Kier alpha value is -3.24. The van der Waals surface area contributed by atoms with Crippen LogP contribution in [-0.4, -0.2) is 53.0 Å². The van der Waals surface area contributed by atoms with Crippen molar-refractivity contribution in [2.75, 3.05) is 28.4 Å². The van der Waals surface area contributed by atoms with Gasteiger partial charge in [-0.05, 0) is 23.8 Å². The molecule has 0 aliphatic heterocycles. The maximum Gasteiger partial charge on any atom is 0.337 e. The maximum absolute atomic E-state index is 12.7. The molecule has 0 saturated carbocycles. The number of rotatable bonds is 10. The summed E-state index contributed by atoms with van der Waals surface area (Å²) in [6.45, 7) is 0. The Morgan fingerprint density at radius 1 is 0.968 bits per heavy atom. The highest BCUT2D eigenvalue weighted by molar-refractivity contribution is 7.93. The Morgan fingerprint density at radius 2 is 1.55 bits per heavy atom. The summed E-state index contributed by atoms with van der Waals surface area (Å²) >= 11 is 0. The van der Waals surface area contributed by atoms with Crippen LogP contribution in [0.15, 0.2) is 35.7 Å². The number of carboxylic acids is 1. The smallest absolute Gasteiger partial charge is 0.337 e. The van der Waals surface area contributed by atoms with E-state index >= 15 is 0 Å². The van der Waals surface area contributed by atoms with Gasteiger partial charge in [0.25, 0.3) is 0 Å². The van der Waals surface area contributed by atoms with Crippen LogP contribution in [-0.2, 0) is 20.4 Å². The van der Waals surface area contributed by atoms with Crippen molar-refractivity contribution in [2.45, 2.75) is 11.9 Å². The van der Waals surface area contributed by atoms with E-state index in [0.29, 0.717) is 22.8 Å². The lowest BCUT2D eigenvalue weighted by atomic mass is 10.1. The van der Waals surface area contributed by atoms with Crippen LogP contribution in [0.2, 0.25) is 0 Å². The van der Waals surface area contributed by atoms with Crippen molar-refractivity contribution in [3.05, 3.63) is 52.4 Å². The molecule has 31 heavy (non-hydrogen) atoms. The van der Waals surface area contributed by atoms with Crippen LogP contribution in [0, 0.1) is 0 Å². The monoisotopic (exact) mass is 452 g/mol. The molecule has 0 heterocycles. The van der Waals surface area contributed by atoms with Gasteiger partial charge in [0.15, 0.2) is 15.9 Å². The predicted molar refractivity (Wildman–Crippen MR) is 113 cm³/mol. The molecular formula is C21H24O9S. The molecule has 0 spiro atoms. The van der Waals surface area contributed by atoms with Gasteiger partial charge in [-0.25, -0.2) is 13.2 Å². The molecule has 0 aliphatic carbocycles. The molecule has 0 amide bonds. The van der Waals surface area contributed by atoms with Gasteiger partial charge in [0.05, 0.1) is 39.8 Å². The third-order valence-electron chi connectivity index (χ3n) is 4.39. The number of aliphatic carboxylic acids is 1. The molecule has 0 radical (unpaired) electrons. The molecule has 0 aromatic heterocycles. The molecule has 0 saturated heterocycles. The Kier molecular flexibility index (Phi) is 7.89. The number of sulfone groups is 1. The number of carboxylic acid groups (broad SMARTS) is 1. The van der Waals surface area contributed by atoms with E-state index in [1.807, 2.05) is 0 Å². The number of benzene rings is 2. The Balaban J connectivity index is 2.37. The lowest BCUT2D eigenvalue weighted by molar-refractivity contribution is -0.147. The average Bonchev–Trinajstić information content (AvgIpc) is 2.75. The minimum absolute atomic E-state index is 0.0369. The third-order valence-corrected chi connectivity index (χ3v) is 5.67. The van der Waals surface area contributed by atoms with Gasteiger partial charge in [0.2, 0.25) is 0 Å². The van der Waals surface area contributed by atoms with Crippen LogP contribution < -0.4 is 18.9 Å². The van der Waals surface area contributed by atoms with Crippen LogP contribution in [0.3, 0.4) is 0 Å². The molecule has 2 aromatic carbocycles. The molecule has 10 heteroatoms.